The number of nitrogens with zero attached hydrogens (tertiary/aromatic N) is 15. The lowest BCUT2D eigenvalue weighted by Gasteiger charge is -2.49. The number of ether oxygens (including phenoxy) is 14. The van der Waals surface area contributed by atoms with Crippen molar-refractivity contribution in [3.63, 3.8) is 0 Å². The lowest BCUT2D eigenvalue weighted by Crippen LogP contribution is -2.67. The quantitative estimate of drug-likeness (QED) is 0.0533. The molecule has 438 valence electrons. The predicted molar refractivity (Wildman–Crippen MR) is 255 cm³/mol. The number of amides is 1. The second-order valence-corrected chi connectivity index (χ2v) is 18.7. The van der Waals surface area contributed by atoms with Gasteiger partial charge in [0.2, 0.25) is 0 Å². The molecule has 1 aliphatic carbocycles. The molecule has 0 spiro atoms. The van der Waals surface area contributed by atoms with Crippen molar-refractivity contribution in [1.82, 2.24) is 5.32 Å². The van der Waals surface area contributed by atoms with Gasteiger partial charge in [-0.25, -0.2) is 4.79 Å². The number of rotatable bonds is 22. The first-order valence-corrected chi connectivity index (χ1v) is 24.0. The highest BCUT2D eigenvalue weighted by Crippen LogP contribution is 2.40. The van der Waals surface area contributed by atoms with E-state index < -0.39 is 196 Å². The number of hydrogen-bond donors (Lipinski definition) is 1. The molecule has 3 saturated heterocycles. The summed E-state index contributed by atoms with van der Waals surface area (Å²) in [5.41, 5.74) is 47.1. The molecule has 4 fully saturated rings. The zero-order chi connectivity index (χ0) is 59.6. The summed E-state index contributed by atoms with van der Waals surface area (Å²) >= 11 is 0. The molecule has 0 aromatic rings. The summed E-state index contributed by atoms with van der Waals surface area (Å²) in [6.45, 7) is 9.32. The Labute approximate surface area is 452 Å². The number of alkyl carbamates (subject to hydrolysis) is 1. The molecule has 1 N–H and O–H groups in total. The molecule has 0 bridgehead atoms. The van der Waals surface area contributed by atoms with Crippen molar-refractivity contribution in [2.75, 3.05) is 19.7 Å². The second kappa shape index (κ2) is 29.7. The van der Waals surface area contributed by atoms with E-state index in [1.807, 2.05) is 0 Å². The summed E-state index contributed by atoms with van der Waals surface area (Å²) in [5, 5.41) is 20.9. The van der Waals surface area contributed by atoms with Gasteiger partial charge < -0.3 is 71.6 Å². The van der Waals surface area contributed by atoms with E-state index in [1.54, 1.807) is 0 Å². The standard InChI is InChI=1S/C42H58N16O22/c1-15(59)67-14-26-33(78-39-28(53-58-47)35(72-20(6)64)32(70-18(4)62)25(75-39)13-49-55-44)37(73-21(7)65)40(76-26)79-36-29(68-16(2)60)22(50-41(66)80-42(8,9)10)11-23(51-56-45)30(36)77-38-27(52-57-46)34(71-19(5)63)31(69-17(3)61)24(74-38)12-48-54-43/h22-40H,11-14H2,1-10H3,(H,50,66)/t22-,23+,24-,25+,26-,27-,28-,29+,30-,31-,32-,33-,34-,35-,36-,37-,38-,39-,40+/m1/s1. The minimum atomic E-state index is -2.08. The van der Waals surface area contributed by atoms with E-state index in [-0.39, 0.29) is 0 Å². The highest BCUT2D eigenvalue weighted by atomic mass is 16.8. The minimum Gasteiger partial charge on any atom is -0.463 e. The number of nitrogens with one attached hydrogen (secondary N) is 1. The molecule has 0 aromatic heterocycles. The van der Waals surface area contributed by atoms with E-state index in [9.17, 15) is 66.0 Å². The molecular formula is C42H58N16O22. The lowest BCUT2D eigenvalue weighted by molar-refractivity contribution is -0.310. The molecule has 1 amide bonds. The van der Waals surface area contributed by atoms with Gasteiger partial charge in [0.1, 0.15) is 54.8 Å². The molecule has 0 aromatic carbocycles. The van der Waals surface area contributed by atoms with Crippen LogP contribution in [0.3, 0.4) is 0 Å². The number of carbonyl (C=O) groups is 8. The van der Waals surface area contributed by atoms with Crippen LogP contribution in [-0.4, -0.2) is 189 Å². The van der Waals surface area contributed by atoms with E-state index >= 15 is 0 Å². The van der Waals surface area contributed by atoms with Gasteiger partial charge in [0, 0.05) is 73.0 Å². The third-order valence-electron chi connectivity index (χ3n) is 11.5. The number of hydrogen-bond acceptors (Lipinski definition) is 27. The Bertz CT molecular complexity index is 2540. The Morgan fingerprint density at radius 1 is 0.475 bits per heavy atom. The Hall–Kier alpha value is -8.13. The molecule has 1 saturated carbocycles. The molecule has 4 aliphatic rings. The largest absolute Gasteiger partial charge is 0.463 e. The van der Waals surface area contributed by atoms with Crippen molar-refractivity contribution in [2.24, 2.45) is 25.6 Å². The molecule has 0 unspecified atom stereocenters. The average Bonchev–Trinajstić information content (AvgIpc) is 3.68. The summed E-state index contributed by atoms with van der Waals surface area (Å²) in [7, 11) is 0. The fourth-order valence-electron chi connectivity index (χ4n) is 8.91. The molecule has 19 atom stereocenters. The Morgan fingerprint density at radius 2 is 0.875 bits per heavy atom. The highest BCUT2D eigenvalue weighted by molar-refractivity contribution is 5.70. The van der Waals surface area contributed by atoms with Gasteiger partial charge in [0.15, 0.2) is 55.5 Å². The van der Waals surface area contributed by atoms with E-state index in [4.69, 9.17) is 66.3 Å². The predicted octanol–water partition coefficient (Wildman–Crippen LogP) is 3.42. The van der Waals surface area contributed by atoms with Crippen molar-refractivity contribution in [3.8, 4) is 0 Å². The first-order valence-electron chi connectivity index (χ1n) is 24.0. The third-order valence-corrected chi connectivity index (χ3v) is 11.5. The van der Waals surface area contributed by atoms with Gasteiger partial charge in [0.05, 0.1) is 31.3 Å². The van der Waals surface area contributed by atoms with Crippen LogP contribution in [0.25, 0.3) is 52.2 Å². The first kappa shape index (κ1) is 64.4. The van der Waals surface area contributed by atoms with Crippen LogP contribution in [0, 0.1) is 0 Å². The van der Waals surface area contributed by atoms with Crippen molar-refractivity contribution in [3.05, 3.63) is 52.2 Å². The van der Waals surface area contributed by atoms with Gasteiger partial charge in [-0.3, -0.25) is 33.6 Å². The third kappa shape index (κ3) is 18.2. The van der Waals surface area contributed by atoms with Gasteiger partial charge in [0.25, 0.3) is 0 Å². The van der Waals surface area contributed by atoms with E-state index in [0.717, 1.165) is 48.5 Å². The zero-order valence-corrected chi connectivity index (χ0v) is 44.5. The van der Waals surface area contributed by atoms with Crippen molar-refractivity contribution in [1.29, 1.82) is 0 Å². The summed E-state index contributed by atoms with van der Waals surface area (Å²) in [6.07, 6.45) is -28.8. The van der Waals surface area contributed by atoms with E-state index in [1.165, 1.54) is 20.8 Å². The molecule has 0 radical (unpaired) electrons. The molecular weight excluding hydrogens is 1080 g/mol. The van der Waals surface area contributed by atoms with Gasteiger partial charge in [-0.1, -0.05) is 25.6 Å². The van der Waals surface area contributed by atoms with E-state index in [0.29, 0.717) is 0 Å². The topological polar surface area (TPSA) is 522 Å². The van der Waals surface area contributed by atoms with Gasteiger partial charge >= 0.3 is 47.9 Å². The number of azide groups is 5. The molecule has 4 rings (SSSR count). The molecule has 38 nitrogen and oxygen atoms in total. The van der Waals surface area contributed by atoms with Gasteiger partial charge in [-0.2, -0.15) is 0 Å². The van der Waals surface area contributed by atoms with Gasteiger partial charge in [-0.15, -0.1) is 0 Å². The average molecular weight is 1140 g/mol. The maximum absolute atomic E-state index is 13.5. The molecule has 3 heterocycles. The fourth-order valence-corrected chi connectivity index (χ4v) is 8.91. The molecule has 80 heavy (non-hydrogen) atoms. The van der Waals surface area contributed by atoms with Crippen LogP contribution in [0.4, 0.5) is 4.79 Å². The minimum absolute atomic E-state index is 0.509. The first-order chi connectivity index (χ1) is 37.7. The monoisotopic (exact) mass is 1140 g/mol. The Balaban J connectivity index is 2.01. The number of carbonyl (C=O) groups excluding carboxylic acids is 8. The van der Waals surface area contributed by atoms with Crippen LogP contribution in [0.1, 0.15) is 75.7 Å². The Morgan fingerprint density at radius 3 is 1.29 bits per heavy atom. The second-order valence-electron chi connectivity index (χ2n) is 18.7. The summed E-state index contributed by atoms with van der Waals surface area (Å²) in [5.74, 6) is -6.94. The SMILES string of the molecule is CC(=O)OC[C@H]1O[C@@H](O[C@@H]2[C@@H](OC(C)=O)[C@H](NC(=O)OC(C)(C)C)C[C@H](N=[N+]=[N-])[C@H]2O[C@H]2O[C@H](CN=[N+]=[N-])[C@@H](OC(C)=O)[C@H](OC(C)=O)[C@H]2N=[N+]=[N-])[C@H](OC(C)=O)[C@@H]1O[C@H]1O[C@@H](CN=[N+]=[N-])[C@@H](OC(C)=O)[C@H](OC(C)=O)[C@H]1N=[N+]=[N-]. The summed E-state index contributed by atoms with van der Waals surface area (Å²) in [6, 6.07) is -6.76. The van der Waals surface area contributed by atoms with Gasteiger partial charge in [-0.05, 0) is 54.8 Å². The van der Waals surface area contributed by atoms with Crippen LogP contribution in [-0.2, 0) is 99.9 Å². The normalized spacial score (nSPS) is 32.5. The maximum Gasteiger partial charge on any atom is 0.408 e. The zero-order valence-electron chi connectivity index (χ0n) is 44.5. The van der Waals surface area contributed by atoms with Crippen LogP contribution in [0.15, 0.2) is 25.6 Å². The van der Waals surface area contributed by atoms with Crippen molar-refractivity contribution < 1.29 is 105 Å². The van der Waals surface area contributed by atoms with Crippen LogP contribution >= 0.6 is 0 Å². The fraction of sp³-hybridized carbons (Fsp3) is 0.810. The number of esters is 7. The highest BCUT2D eigenvalue weighted by Gasteiger charge is 2.60. The molecule has 38 heteroatoms. The smallest absolute Gasteiger partial charge is 0.408 e. The van der Waals surface area contributed by atoms with Crippen LogP contribution in [0.5, 0.6) is 0 Å². The maximum atomic E-state index is 13.5. The summed E-state index contributed by atoms with van der Waals surface area (Å²) < 4.78 is 82.3. The lowest BCUT2D eigenvalue weighted by atomic mass is 9.83. The van der Waals surface area contributed by atoms with Crippen molar-refractivity contribution >= 4 is 47.9 Å². The Kier molecular flexibility index (Phi) is 23.9. The van der Waals surface area contributed by atoms with Crippen LogP contribution < -0.4 is 5.32 Å². The molecule has 3 aliphatic heterocycles. The summed E-state index contributed by atoms with van der Waals surface area (Å²) in [4.78, 5) is 116. The van der Waals surface area contributed by atoms with Crippen LogP contribution in [0.2, 0.25) is 0 Å². The van der Waals surface area contributed by atoms with E-state index in [2.05, 4.69) is 55.4 Å². The van der Waals surface area contributed by atoms with Crippen molar-refractivity contribution in [2.45, 2.75) is 198 Å².